The molecular formula is C24H32N4O2. The van der Waals surface area contributed by atoms with Gasteiger partial charge in [-0.15, -0.1) is 0 Å². The van der Waals surface area contributed by atoms with Crippen LogP contribution >= 0.6 is 0 Å². The second-order valence-electron chi connectivity index (χ2n) is 8.23. The zero-order valence-corrected chi connectivity index (χ0v) is 18.0. The smallest absolute Gasteiger partial charge is 0.238 e. The first-order chi connectivity index (χ1) is 14.6. The number of fused-ring (bicyclic) bond motifs is 1. The molecule has 0 spiro atoms. The molecule has 0 radical (unpaired) electrons. The molecular weight excluding hydrogens is 376 g/mol. The number of anilines is 3. The van der Waals surface area contributed by atoms with E-state index in [1.807, 2.05) is 42.3 Å². The number of nitrogens with one attached hydrogen (secondary N) is 1. The number of rotatable bonds is 7. The van der Waals surface area contributed by atoms with Gasteiger partial charge in [-0.05, 0) is 63.2 Å². The van der Waals surface area contributed by atoms with Gasteiger partial charge in [0.25, 0.3) is 0 Å². The molecule has 0 aliphatic carbocycles. The van der Waals surface area contributed by atoms with Gasteiger partial charge in [-0.25, -0.2) is 0 Å². The highest BCUT2D eigenvalue weighted by molar-refractivity contribution is 5.92. The first-order valence-corrected chi connectivity index (χ1v) is 11.0. The van der Waals surface area contributed by atoms with Gasteiger partial charge < -0.3 is 19.9 Å². The van der Waals surface area contributed by atoms with E-state index in [4.69, 9.17) is 4.74 Å². The largest absolute Gasteiger partial charge is 0.485 e. The third-order valence-corrected chi connectivity index (χ3v) is 5.86. The molecule has 6 nitrogen and oxygen atoms in total. The van der Waals surface area contributed by atoms with Gasteiger partial charge in [0, 0.05) is 37.6 Å². The molecule has 30 heavy (non-hydrogen) atoms. The van der Waals surface area contributed by atoms with Crippen LogP contribution in [0.1, 0.15) is 19.8 Å². The number of carbonyl (C=O) groups is 1. The van der Waals surface area contributed by atoms with E-state index < -0.39 is 0 Å². The van der Waals surface area contributed by atoms with E-state index >= 15 is 0 Å². The van der Waals surface area contributed by atoms with E-state index in [1.165, 1.54) is 18.5 Å². The van der Waals surface area contributed by atoms with E-state index in [-0.39, 0.29) is 12.0 Å². The fraction of sp³-hybridized carbons (Fsp3) is 0.458. The molecule has 0 bridgehead atoms. The third kappa shape index (κ3) is 4.87. The first kappa shape index (κ1) is 20.5. The van der Waals surface area contributed by atoms with Gasteiger partial charge in [-0.2, -0.15) is 0 Å². The maximum atomic E-state index is 12.5. The molecule has 2 aliphatic rings. The molecule has 2 aromatic carbocycles. The van der Waals surface area contributed by atoms with Crippen molar-refractivity contribution < 1.29 is 9.53 Å². The van der Waals surface area contributed by atoms with E-state index in [2.05, 4.69) is 40.2 Å². The molecule has 2 heterocycles. The summed E-state index contributed by atoms with van der Waals surface area (Å²) in [5.74, 6) is 0.918. The first-order valence-electron chi connectivity index (χ1n) is 11.0. The number of carbonyl (C=O) groups excluding carboxylic acids is 1. The molecule has 1 amide bonds. The van der Waals surface area contributed by atoms with Crippen LogP contribution in [-0.4, -0.2) is 63.2 Å². The fourth-order valence-corrected chi connectivity index (χ4v) is 4.36. The summed E-state index contributed by atoms with van der Waals surface area (Å²) >= 11 is 0. The monoisotopic (exact) mass is 408 g/mol. The zero-order valence-electron chi connectivity index (χ0n) is 18.0. The second kappa shape index (κ2) is 9.39. The number of amides is 1. The minimum absolute atomic E-state index is 0.00465. The highest BCUT2D eigenvalue weighted by atomic mass is 16.5. The maximum absolute atomic E-state index is 12.5. The number of benzene rings is 2. The molecule has 0 aromatic heterocycles. The Bertz CT molecular complexity index is 849. The summed E-state index contributed by atoms with van der Waals surface area (Å²) in [7, 11) is 1.97. The average molecular weight is 409 g/mol. The van der Waals surface area contributed by atoms with Gasteiger partial charge in [0.15, 0.2) is 0 Å². The lowest BCUT2D eigenvalue weighted by Crippen LogP contribution is -2.46. The maximum Gasteiger partial charge on any atom is 0.238 e. The van der Waals surface area contributed by atoms with Crippen molar-refractivity contribution in [2.24, 2.45) is 0 Å². The summed E-state index contributed by atoms with van der Waals surface area (Å²) in [6.45, 7) is 7.21. The predicted octanol–water partition coefficient (Wildman–Crippen LogP) is 3.44. The number of nitrogens with zero attached hydrogens (tertiary/aromatic N) is 3. The predicted molar refractivity (Wildman–Crippen MR) is 123 cm³/mol. The molecule has 2 aliphatic heterocycles. The molecule has 1 saturated heterocycles. The quantitative estimate of drug-likeness (QED) is 0.761. The Kier molecular flexibility index (Phi) is 6.43. The summed E-state index contributed by atoms with van der Waals surface area (Å²) in [5, 5.41) is 3.01. The van der Waals surface area contributed by atoms with Gasteiger partial charge in [0.2, 0.25) is 5.91 Å². The average Bonchev–Trinajstić information content (AvgIpc) is 3.28. The lowest BCUT2D eigenvalue weighted by Gasteiger charge is -2.37. The van der Waals surface area contributed by atoms with Crippen LogP contribution in [0.25, 0.3) is 0 Å². The molecule has 1 fully saturated rings. The van der Waals surface area contributed by atoms with Gasteiger partial charge in [0.1, 0.15) is 11.9 Å². The van der Waals surface area contributed by atoms with Crippen molar-refractivity contribution in [2.75, 3.05) is 61.4 Å². The Morgan fingerprint density at radius 3 is 2.60 bits per heavy atom. The van der Waals surface area contributed by atoms with E-state index in [1.54, 1.807) is 0 Å². The van der Waals surface area contributed by atoms with Crippen molar-refractivity contribution in [3.8, 4) is 5.75 Å². The number of para-hydroxylation sites is 2. The molecule has 160 valence electrons. The normalized spacial score (nSPS) is 18.3. The second-order valence-corrected chi connectivity index (χ2v) is 8.23. The minimum atomic E-state index is -0.00465. The SMILES string of the molecule is CCN1CC(CN(C)CC(=O)Nc2ccc(N3CCCC3)cc2)Oc2ccccc21. The molecule has 0 saturated carbocycles. The van der Waals surface area contributed by atoms with Crippen molar-refractivity contribution in [1.82, 2.24) is 4.90 Å². The van der Waals surface area contributed by atoms with Crippen LogP contribution in [-0.2, 0) is 4.79 Å². The molecule has 2 aromatic rings. The van der Waals surface area contributed by atoms with Crippen LogP contribution in [0.15, 0.2) is 48.5 Å². The van der Waals surface area contributed by atoms with Crippen LogP contribution in [0.3, 0.4) is 0 Å². The fourth-order valence-electron chi connectivity index (χ4n) is 4.36. The molecule has 6 heteroatoms. The van der Waals surface area contributed by atoms with Crippen molar-refractivity contribution in [3.05, 3.63) is 48.5 Å². The molecule has 1 N–H and O–H groups in total. The van der Waals surface area contributed by atoms with E-state index in [0.717, 1.165) is 43.3 Å². The van der Waals surface area contributed by atoms with Crippen molar-refractivity contribution >= 4 is 23.0 Å². The summed E-state index contributed by atoms with van der Waals surface area (Å²) < 4.78 is 6.18. The van der Waals surface area contributed by atoms with Crippen LogP contribution in [0, 0.1) is 0 Å². The van der Waals surface area contributed by atoms with Crippen LogP contribution in [0.5, 0.6) is 5.75 Å². The Morgan fingerprint density at radius 1 is 1.13 bits per heavy atom. The van der Waals surface area contributed by atoms with Gasteiger partial charge in [-0.3, -0.25) is 9.69 Å². The van der Waals surface area contributed by atoms with Crippen molar-refractivity contribution in [3.63, 3.8) is 0 Å². The van der Waals surface area contributed by atoms with Gasteiger partial charge >= 0.3 is 0 Å². The summed E-state index contributed by atoms with van der Waals surface area (Å²) in [6, 6.07) is 16.3. The Hall–Kier alpha value is -2.73. The number of hydrogen-bond acceptors (Lipinski definition) is 5. The number of ether oxygens (including phenoxy) is 1. The minimum Gasteiger partial charge on any atom is -0.485 e. The summed E-state index contributed by atoms with van der Waals surface area (Å²) in [5.41, 5.74) is 3.23. The molecule has 1 unspecified atom stereocenters. The van der Waals surface area contributed by atoms with E-state index in [9.17, 15) is 4.79 Å². The Labute approximate surface area is 179 Å². The van der Waals surface area contributed by atoms with Crippen molar-refractivity contribution in [1.29, 1.82) is 0 Å². The molecule has 1 atom stereocenters. The lowest BCUT2D eigenvalue weighted by molar-refractivity contribution is -0.117. The van der Waals surface area contributed by atoms with Gasteiger partial charge in [0.05, 0.1) is 18.8 Å². The summed E-state index contributed by atoms with van der Waals surface area (Å²) in [4.78, 5) is 19.3. The molecule has 4 rings (SSSR count). The zero-order chi connectivity index (χ0) is 20.9. The highest BCUT2D eigenvalue weighted by Crippen LogP contribution is 2.32. The van der Waals surface area contributed by atoms with Crippen molar-refractivity contribution in [2.45, 2.75) is 25.9 Å². The van der Waals surface area contributed by atoms with Crippen LogP contribution in [0.2, 0.25) is 0 Å². The highest BCUT2D eigenvalue weighted by Gasteiger charge is 2.25. The van der Waals surface area contributed by atoms with Gasteiger partial charge in [-0.1, -0.05) is 12.1 Å². The van der Waals surface area contributed by atoms with E-state index in [0.29, 0.717) is 13.1 Å². The standard InChI is InChI=1S/C24H32N4O2/c1-3-27-17-21(30-23-9-5-4-8-22(23)27)16-26(2)18-24(29)25-19-10-12-20(13-11-19)28-14-6-7-15-28/h4-5,8-13,21H,3,6-7,14-18H2,1-2H3,(H,25,29). The summed E-state index contributed by atoms with van der Waals surface area (Å²) in [6.07, 6.45) is 2.56. The Morgan fingerprint density at radius 2 is 1.87 bits per heavy atom. The third-order valence-electron chi connectivity index (χ3n) is 5.86. The van der Waals surface area contributed by atoms with Crippen LogP contribution in [0.4, 0.5) is 17.1 Å². The Balaban J connectivity index is 1.27. The topological polar surface area (TPSA) is 48.0 Å². The number of hydrogen-bond donors (Lipinski definition) is 1. The lowest BCUT2D eigenvalue weighted by atomic mass is 10.2. The number of likely N-dealkylation sites (N-methyl/N-ethyl adjacent to an activating group) is 2. The van der Waals surface area contributed by atoms with Crippen LogP contribution < -0.4 is 19.9 Å².